The summed E-state index contributed by atoms with van der Waals surface area (Å²) in [7, 11) is 14.6. The van der Waals surface area contributed by atoms with Crippen LogP contribution in [0.25, 0.3) is 11.1 Å². The molecule has 5 atom stereocenters. The van der Waals surface area contributed by atoms with Crippen molar-refractivity contribution in [3.05, 3.63) is 254 Å². The molecule has 0 aliphatic carbocycles. The first kappa shape index (κ1) is 98.3. The van der Waals surface area contributed by atoms with E-state index in [2.05, 4.69) is 209 Å². The van der Waals surface area contributed by atoms with Gasteiger partial charge in [-0.25, -0.2) is 15.0 Å². The standard InChI is InChI=1S/C19H26N4O.C19H24N4O.C14H17ClN2O.C14H15ClN2O.C7H7ClN2O.C7H7.C5H12N2.ClH.I2.Mg/c2*1-14-6-4-5-7-15(14)16-12-18(21-13-17(16)19(24)20-2)23-10-8-22(3)9-11-23;2*1-9-5-3-4-6-10(9)11-7-13(15)17-8-12(11)14(18)16-2;1-9-7(11)5-2-3-6(8)10-4-5;1-7-5-3-2-4-6-7;1-7-4-2-6-3-5-7;;1-2;/h4-7,13,16H,8-12H2,1-3H3,(H,20,24);4-7,12-13H,8-11H2,1-3H3,(H,20,24);3-6,8,11-13H,7H2,1-2H3,(H,16,18);3-8,11,17H,1-2H3,(H,16,18);2-4H,1H3,(H,9,11);2-5H,1H3;6H,2-5H2,1H3;1H;;/q;;;;;-1;;;;+2/p-1. The molecular formula is C85H108Cl4I2MgN16O5. The molecule has 21 nitrogen and oxygen atoms in total. The number of piperazine rings is 3. The van der Waals surface area contributed by atoms with E-state index in [1.54, 1.807) is 72.2 Å². The van der Waals surface area contributed by atoms with Crippen molar-refractivity contribution in [3.63, 3.8) is 0 Å². The normalized spacial score (nSPS) is 18.2. The summed E-state index contributed by atoms with van der Waals surface area (Å²) in [5.74, 6) is 1.46. The van der Waals surface area contributed by atoms with Crippen molar-refractivity contribution in [2.24, 2.45) is 15.9 Å². The Morgan fingerprint density at radius 2 is 1.08 bits per heavy atom. The molecule has 0 spiro atoms. The number of likely N-dealkylation sites (N-methyl/N-ethyl adjacent to an activating group) is 5. The minimum absolute atomic E-state index is 0. The second kappa shape index (κ2) is 52.5. The van der Waals surface area contributed by atoms with E-state index in [9.17, 15) is 24.0 Å². The van der Waals surface area contributed by atoms with Gasteiger partial charge in [0.25, 0.3) is 11.8 Å². The number of anilines is 1. The molecule has 6 aliphatic heterocycles. The molecule has 7 aromatic rings. The number of benzene rings is 5. The van der Waals surface area contributed by atoms with Crippen LogP contribution in [-0.4, -0.2) is 235 Å². The zero-order chi connectivity index (χ0) is 80.9. The summed E-state index contributed by atoms with van der Waals surface area (Å²) in [6.45, 7) is 23.1. The van der Waals surface area contributed by atoms with Crippen molar-refractivity contribution in [3.8, 4) is 11.1 Å². The fourth-order valence-electron chi connectivity index (χ4n) is 13.0. The molecule has 7 N–H and O–H groups in total. The number of allylic oxidation sites excluding steroid dienone is 1. The van der Waals surface area contributed by atoms with Gasteiger partial charge in [-0.15, -0.1) is 0 Å². The smallest absolute Gasteiger partial charge is 1.00 e. The minimum atomic E-state index is -0.240. The van der Waals surface area contributed by atoms with Crippen molar-refractivity contribution >= 4 is 142 Å². The molecule has 0 radical (unpaired) electrons. The fourth-order valence-corrected chi connectivity index (χ4v) is 13.5. The van der Waals surface area contributed by atoms with Crippen molar-refractivity contribution in [1.29, 1.82) is 0 Å². The van der Waals surface area contributed by atoms with Crippen LogP contribution in [0.4, 0.5) is 5.82 Å². The van der Waals surface area contributed by atoms with E-state index in [4.69, 9.17) is 34.8 Å². The maximum absolute atomic E-state index is 12.3. The molecule has 2 aromatic heterocycles. The maximum atomic E-state index is 12.3. The third-order valence-corrected chi connectivity index (χ3v) is 20.3. The van der Waals surface area contributed by atoms with Gasteiger partial charge in [-0.05, 0) is 130 Å². The molecule has 6 aliphatic rings. The zero-order valence-corrected chi connectivity index (χ0v) is 75.8. The largest absolute Gasteiger partial charge is 2.00 e. The van der Waals surface area contributed by atoms with Crippen LogP contribution in [-0.2, 0) is 14.4 Å². The molecule has 5 amide bonds. The fraction of sp³-hybridized carbons (Fsp3) is 0.376. The number of aryl methyl sites for hydroxylation is 5. The molecule has 5 aromatic carbocycles. The van der Waals surface area contributed by atoms with Gasteiger partial charge >= 0.3 is 23.1 Å². The average Bonchev–Trinajstić information content (AvgIpc) is 0.746. The SMILES string of the molecule is CN1CCNCC1.CNC(=O)C1=CN=C(N2CCN(C)CC2)CC1c1ccccc1C.CNC(=O)C1=CNC(Cl)=CC1c1ccccc1C.CNC(=O)C1C=NC(Cl)CC1c1ccccc1C.CNC(=O)c1ccc(Cl)nc1.CNC(=O)c1cnc(N2CCN(C)CC2)cc1-c1ccccc1C.Cc1[c-]cccc1.II.[Cl-].[Mg+2]. The second-order valence-corrected chi connectivity index (χ2v) is 28.5. The number of carbonyl (C=O) groups is 5. The van der Waals surface area contributed by atoms with Gasteiger partial charge in [0.1, 0.15) is 27.5 Å². The Balaban J connectivity index is 0.000000286. The van der Waals surface area contributed by atoms with Crippen LogP contribution in [0.5, 0.6) is 0 Å². The van der Waals surface area contributed by atoms with Crippen molar-refractivity contribution in [2.45, 2.75) is 70.7 Å². The number of hydrogen-bond acceptors (Lipinski definition) is 16. The number of amidine groups is 1. The molecule has 8 heterocycles. The second-order valence-electron chi connectivity index (χ2n) is 27.2. The molecule has 0 bridgehead atoms. The number of aliphatic imine (C=N–C) groups is 2. The molecule has 0 saturated carbocycles. The number of nitrogens with one attached hydrogen (secondary N) is 7. The van der Waals surface area contributed by atoms with Gasteiger partial charge in [0.2, 0.25) is 17.7 Å². The van der Waals surface area contributed by atoms with Crippen LogP contribution in [0.1, 0.15) is 95.8 Å². The predicted octanol–water partition coefficient (Wildman–Crippen LogP) is 9.60. The summed E-state index contributed by atoms with van der Waals surface area (Å²) in [5, 5.41) is 20.4. The summed E-state index contributed by atoms with van der Waals surface area (Å²) in [6.07, 6.45) is 11.6. The number of pyridine rings is 2. The minimum Gasteiger partial charge on any atom is -1.00 e. The predicted molar refractivity (Wildman–Crippen MR) is 479 cm³/mol. The Morgan fingerprint density at radius 1 is 0.558 bits per heavy atom. The quantitative estimate of drug-likeness (QED) is 0.0169. The Kier molecular flexibility index (Phi) is 45.7. The van der Waals surface area contributed by atoms with Crippen molar-refractivity contribution in [2.75, 3.05) is 140 Å². The number of dihydropyridines is 1. The van der Waals surface area contributed by atoms with Gasteiger partial charge in [0.05, 0.1) is 17.0 Å². The van der Waals surface area contributed by atoms with E-state index < -0.39 is 0 Å². The van der Waals surface area contributed by atoms with Crippen LogP contribution in [0.15, 0.2) is 197 Å². The van der Waals surface area contributed by atoms with E-state index in [-0.39, 0.29) is 94.2 Å². The summed E-state index contributed by atoms with van der Waals surface area (Å²) in [5.41, 5.74) is 13.7. The Morgan fingerprint density at radius 3 is 1.58 bits per heavy atom. The van der Waals surface area contributed by atoms with E-state index in [0.29, 0.717) is 33.4 Å². The molecule has 3 fully saturated rings. The number of amides is 5. The van der Waals surface area contributed by atoms with E-state index >= 15 is 0 Å². The molecule has 5 unspecified atom stereocenters. The van der Waals surface area contributed by atoms with Crippen LogP contribution < -0.4 is 54.5 Å². The zero-order valence-electron chi connectivity index (χ0n) is 67.1. The Bertz CT molecular complexity index is 4290. The monoisotopic (exact) mass is 1850 g/mol. The van der Waals surface area contributed by atoms with Crippen LogP contribution in [0.2, 0.25) is 5.15 Å². The number of hydrogen-bond donors (Lipinski definition) is 7. The number of alkyl halides is 1. The average molecular weight is 1850 g/mol. The first-order chi connectivity index (χ1) is 53.5. The van der Waals surface area contributed by atoms with Gasteiger partial charge in [0, 0.05) is 217 Å². The summed E-state index contributed by atoms with van der Waals surface area (Å²) in [4.78, 5) is 88.1. The first-order valence-corrected chi connectivity index (χ1v) is 44.5. The van der Waals surface area contributed by atoms with Crippen LogP contribution >= 0.6 is 72.0 Å². The summed E-state index contributed by atoms with van der Waals surface area (Å²) >= 11 is 21.9. The van der Waals surface area contributed by atoms with Crippen LogP contribution in [0.3, 0.4) is 0 Å². The topological polar surface area (TPSA) is 236 Å². The number of nitrogens with zero attached hydrogens (tertiary/aromatic N) is 9. The Hall–Kier alpha value is -7.06. The Labute approximate surface area is 730 Å². The number of carbonyl (C=O) groups excluding carboxylic acids is 5. The van der Waals surface area contributed by atoms with Gasteiger partial charge in [-0.1, -0.05) is 139 Å². The molecule has 3 saturated heterocycles. The molecule has 13 rings (SSSR count). The molecule has 602 valence electrons. The van der Waals surface area contributed by atoms with Gasteiger partial charge < -0.3 is 74.1 Å². The van der Waals surface area contributed by atoms with Gasteiger partial charge in [-0.3, -0.25) is 29.0 Å². The summed E-state index contributed by atoms with van der Waals surface area (Å²) in [6, 6.07) is 48.8. The molecular weight excluding hydrogens is 1740 g/mol. The third kappa shape index (κ3) is 31.1. The van der Waals surface area contributed by atoms with Gasteiger partial charge in [0.15, 0.2) is 0 Å². The first-order valence-electron chi connectivity index (χ1n) is 37.0. The number of halogens is 6. The summed E-state index contributed by atoms with van der Waals surface area (Å²) < 4.78 is 0. The van der Waals surface area contributed by atoms with Crippen LogP contribution in [0, 0.1) is 46.6 Å². The number of rotatable bonds is 10. The van der Waals surface area contributed by atoms with Gasteiger partial charge in [-0.2, -0.15) is 35.9 Å². The molecule has 28 heteroatoms. The van der Waals surface area contributed by atoms with Crippen molar-refractivity contribution < 1.29 is 36.4 Å². The number of aromatic nitrogens is 2. The molecule has 113 heavy (non-hydrogen) atoms. The van der Waals surface area contributed by atoms with E-state index in [0.717, 1.165) is 117 Å². The van der Waals surface area contributed by atoms with E-state index in [1.165, 1.54) is 47.1 Å². The van der Waals surface area contributed by atoms with E-state index in [1.807, 2.05) is 105 Å². The maximum Gasteiger partial charge on any atom is 2.00 e. The van der Waals surface area contributed by atoms with Crippen molar-refractivity contribution in [1.82, 2.24) is 66.8 Å². The third-order valence-electron chi connectivity index (χ3n) is 19.5.